The third-order valence-corrected chi connectivity index (χ3v) is 2.96. The Hall–Kier alpha value is -1.39. The van der Waals surface area contributed by atoms with Crippen LogP contribution >= 0.6 is 0 Å². The summed E-state index contributed by atoms with van der Waals surface area (Å²) in [5, 5.41) is 2.53. The first-order valence-electron chi connectivity index (χ1n) is 5.05. The van der Waals surface area contributed by atoms with Gasteiger partial charge in [0.15, 0.2) is 0 Å². The van der Waals surface area contributed by atoms with Crippen LogP contribution in [-0.2, 0) is 0 Å². The van der Waals surface area contributed by atoms with E-state index in [0.717, 1.165) is 5.56 Å². The average Bonchev–Trinajstić information content (AvgIpc) is 2.91. The summed E-state index contributed by atoms with van der Waals surface area (Å²) in [6.07, 6.45) is -3.94. The molecule has 1 saturated carbocycles. The van der Waals surface area contributed by atoms with E-state index in [9.17, 15) is 13.2 Å². The molecule has 0 radical (unpaired) electrons. The van der Waals surface area contributed by atoms with Crippen molar-refractivity contribution in [3.05, 3.63) is 23.8 Å². The van der Waals surface area contributed by atoms with Crippen LogP contribution in [0.3, 0.4) is 0 Å². The van der Waals surface area contributed by atoms with E-state index >= 15 is 0 Å². The van der Waals surface area contributed by atoms with Crippen LogP contribution in [0, 0.1) is 6.92 Å². The number of hydrogen-bond acceptors (Lipinski definition) is 2. The molecule has 5 heteroatoms. The fourth-order valence-electron chi connectivity index (χ4n) is 1.60. The predicted octanol–water partition coefficient (Wildman–Crippen LogP) is 3.08. The molecule has 2 nitrogen and oxygen atoms in total. The molecule has 0 heterocycles. The molecule has 1 aliphatic carbocycles. The van der Waals surface area contributed by atoms with Crippen molar-refractivity contribution in [3.8, 4) is 0 Å². The van der Waals surface area contributed by atoms with Gasteiger partial charge >= 0.3 is 6.18 Å². The Morgan fingerprint density at radius 3 is 2.38 bits per heavy atom. The molecule has 0 bridgehead atoms. The molecule has 2 rings (SSSR count). The van der Waals surface area contributed by atoms with Gasteiger partial charge in [0.2, 0.25) is 0 Å². The fourth-order valence-corrected chi connectivity index (χ4v) is 1.60. The molecule has 0 spiro atoms. The molecule has 16 heavy (non-hydrogen) atoms. The second kappa shape index (κ2) is 3.30. The molecule has 1 fully saturated rings. The van der Waals surface area contributed by atoms with Crippen LogP contribution in [0.4, 0.5) is 24.5 Å². The zero-order valence-corrected chi connectivity index (χ0v) is 8.86. The number of nitrogens with two attached hydrogens (primary N) is 1. The van der Waals surface area contributed by atoms with E-state index in [4.69, 9.17) is 5.73 Å². The van der Waals surface area contributed by atoms with Crippen molar-refractivity contribution >= 4 is 11.4 Å². The number of halogens is 3. The number of alkyl halides is 3. The van der Waals surface area contributed by atoms with Gasteiger partial charge in [0.1, 0.15) is 5.54 Å². The molecular weight excluding hydrogens is 217 g/mol. The Morgan fingerprint density at radius 1 is 1.31 bits per heavy atom. The van der Waals surface area contributed by atoms with Gasteiger partial charge in [0.05, 0.1) is 0 Å². The average molecular weight is 230 g/mol. The molecule has 0 atom stereocenters. The second-order valence-corrected chi connectivity index (χ2v) is 4.28. The molecule has 3 N–H and O–H groups in total. The summed E-state index contributed by atoms with van der Waals surface area (Å²) in [5.74, 6) is 0. The zero-order valence-electron chi connectivity index (χ0n) is 8.86. The minimum atomic E-state index is -4.20. The Balaban J connectivity index is 2.19. The minimum absolute atomic E-state index is 0.129. The maximum atomic E-state index is 12.7. The van der Waals surface area contributed by atoms with E-state index in [1.807, 2.05) is 6.92 Å². The SMILES string of the molecule is Cc1ccc(NC2(C(F)(F)F)CC2)cc1N. The predicted molar refractivity (Wildman–Crippen MR) is 57.2 cm³/mol. The topological polar surface area (TPSA) is 38.0 Å². The minimum Gasteiger partial charge on any atom is -0.398 e. The Labute approximate surface area is 91.6 Å². The van der Waals surface area contributed by atoms with E-state index in [-0.39, 0.29) is 12.8 Å². The molecule has 1 aromatic carbocycles. The van der Waals surface area contributed by atoms with Gasteiger partial charge in [0, 0.05) is 11.4 Å². The molecule has 0 saturated heterocycles. The zero-order chi connectivity index (χ0) is 12.0. The summed E-state index contributed by atoms with van der Waals surface area (Å²) in [7, 11) is 0. The van der Waals surface area contributed by atoms with Crippen molar-refractivity contribution in [3.63, 3.8) is 0 Å². The van der Waals surface area contributed by atoms with Crippen LogP contribution in [0.5, 0.6) is 0 Å². The molecule has 0 aliphatic heterocycles. The first-order valence-corrected chi connectivity index (χ1v) is 5.05. The Morgan fingerprint density at radius 2 is 1.94 bits per heavy atom. The van der Waals surface area contributed by atoms with Crippen LogP contribution in [0.25, 0.3) is 0 Å². The second-order valence-electron chi connectivity index (χ2n) is 4.28. The summed E-state index contributed by atoms with van der Waals surface area (Å²) in [6.45, 7) is 1.82. The van der Waals surface area contributed by atoms with Crippen molar-refractivity contribution in [2.75, 3.05) is 11.1 Å². The Bertz CT molecular complexity index is 408. The summed E-state index contributed by atoms with van der Waals surface area (Å²) in [6, 6.07) is 4.88. The molecule has 1 aromatic rings. The van der Waals surface area contributed by atoms with Crippen molar-refractivity contribution in [1.82, 2.24) is 0 Å². The molecule has 0 unspecified atom stereocenters. The lowest BCUT2D eigenvalue weighted by Crippen LogP contribution is -2.38. The number of aryl methyl sites for hydroxylation is 1. The van der Waals surface area contributed by atoms with Gasteiger partial charge in [0.25, 0.3) is 0 Å². The molecule has 1 aliphatic rings. The number of benzene rings is 1. The fraction of sp³-hybridized carbons (Fsp3) is 0.455. The van der Waals surface area contributed by atoms with Gasteiger partial charge in [-0.05, 0) is 37.5 Å². The smallest absolute Gasteiger partial charge is 0.398 e. The largest absolute Gasteiger partial charge is 0.411 e. The van der Waals surface area contributed by atoms with Gasteiger partial charge < -0.3 is 11.1 Å². The highest BCUT2D eigenvalue weighted by atomic mass is 19.4. The third kappa shape index (κ3) is 1.81. The van der Waals surface area contributed by atoms with Crippen molar-refractivity contribution < 1.29 is 13.2 Å². The van der Waals surface area contributed by atoms with E-state index < -0.39 is 11.7 Å². The normalized spacial score (nSPS) is 18.2. The quantitative estimate of drug-likeness (QED) is 0.766. The molecule has 88 valence electrons. The van der Waals surface area contributed by atoms with E-state index in [0.29, 0.717) is 11.4 Å². The lowest BCUT2D eigenvalue weighted by molar-refractivity contribution is -0.151. The number of rotatable bonds is 2. The summed E-state index contributed by atoms with van der Waals surface area (Å²) < 4.78 is 38.0. The lowest BCUT2D eigenvalue weighted by Gasteiger charge is -2.22. The molecular formula is C11H13F3N2. The third-order valence-electron chi connectivity index (χ3n) is 2.96. The summed E-state index contributed by atoms with van der Waals surface area (Å²) in [5.41, 5.74) is 5.71. The van der Waals surface area contributed by atoms with E-state index in [2.05, 4.69) is 5.32 Å². The molecule has 0 amide bonds. The van der Waals surface area contributed by atoms with Gasteiger partial charge in [-0.2, -0.15) is 13.2 Å². The molecule has 0 aromatic heterocycles. The van der Waals surface area contributed by atoms with Gasteiger partial charge in [-0.3, -0.25) is 0 Å². The van der Waals surface area contributed by atoms with Crippen LogP contribution in [0.15, 0.2) is 18.2 Å². The van der Waals surface area contributed by atoms with Crippen molar-refractivity contribution in [2.24, 2.45) is 0 Å². The van der Waals surface area contributed by atoms with Crippen molar-refractivity contribution in [1.29, 1.82) is 0 Å². The highest BCUT2D eigenvalue weighted by Gasteiger charge is 2.63. The number of anilines is 2. The maximum absolute atomic E-state index is 12.7. The standard InChI is InChI=1S/C11H13F3N2/c1-7-2-3-8(6-9(7)15)16-10(4-5-10)11(12,13)14/h2-3,6,16H,4-5,15H2,1H3. The first kappa shape index (κ1) is 11.1. The maximum Gasteiger partial charge on any atom is 0.411 e. The Kier molecular flexibility index (Phi) is 2.29. The summed E-state index contributed by atoms with van der Waals surface area (Å²) in [4.78, 5) is 0. The van der Waals surface area contributed by atoms with Crippen LogP contribution in [-0.4, -0.2) is 11.7 Å². The van der Waals surface area contributed by atoms with Crippen LogP contribution < -0.4 is 11.1 Å². The highest BCUT2D eigenvalue weighted by molar-refractivity contribution is 5.60. The van der Waals surface area contributed by atoms with E-state index in [1.54, 1.807) is 18.2 Å². The van der Waals surface area contributed by atoms with Crippen LogP contribution in [0.2, 0.25) is 0 Å². The van der Waals surface area contributed by atoms with Crippen molar-refractivity contribution in [2.45, 2.75) is 31.5 Å². The lowest BCUT2D eigenvalue weighted by atomic mass is 10.1. The first-order chi connectivity index (χ1) is 7.34. The number of nitrogens with one attached hydrogen (secondary N) is 1. The van der Waals surface area contributed by atoms with Gasteiger partial charge in [-0.25, -0.2) is 0 Å². The monoisotopic (exact) mass is 230 g/mol. The van der Waals surface area contributed by atoms with E-state index in [1.165, 1.54) is 0 Å². The van der Waals surface area contributed by atoms with Gasteiger partial charge in [-0.1, -0.05) is 6.07 Å². The number of nitrogen functional groups attached to an aromatic ring is 1. The van der Waals surface area contributed by atoms with Gasteiger partial charge in [-0.15, -0.1) is 0 Å². The summed E-state index contributed by atoms with van der Waals surface area (Å²) >= 11 is 0. The highest BCUT2D eigenvalue weighted by Crippen LogP contribution is 2.51. The van der Waals surface area contributed by atoms with Crippen LogP contribution in [0.1, 0.15) is 18.4 Å². The number of hydrogen-bond donors (Lipinski definition) is 2.